The van der Waals surface area contributed by atoms with Gasteiger partial charge in [0.25, 0.3) is 0 Å². The molecule has 1 unspecified atom stereocenters. The van der Waals surface area contributed by atoms with E-state index in [0.717, 1.165) is 5.56 Å². The number of anilines is 2. The molecule has 2 rings (SSSR count). The van der Waals surface area contributed by atoms with Crippen LogP contribution in [0.2, 0.25) is 5.02 Å². The summed E-state index contributed by atoms with van der Waals surface area (Å²) >= 11 is 5.84. The van der Waals surface area contributed by atoms with Gasteiger partial charge in [-0.05, 0) is 42.8 Å². The van der Waals surface area contributed by atoms with Crippen LogP contribution in [-0.2, 0) is 15.6 Å². The molecule has 6 heteroatoms. The minimum atomic E-state index is -1.48. The lowest BCUT2D eigenvalue weighted by Crippen LogP contribution is -2.20. The monoisotopic (exact) mass is 322 g/mol. The molecule has 21 heavy (non-hydrogen) atoms. The zero-order valence-corrected chi connectivity index (χ0v) is 13.0. The number of halogens is 1. The zero-order chi connectivity index (χ0) is 15.4. The van der Waals surface area contributed by atoms with E-state index >= 15 is 0 Å². The summed E-state index contributed by atoms with van der Waals surface area (Å²) in [5.41, 5.74) is 7.74. The molecule has 110 valence electrons. The van der Waals surface area contributed by atoms with Gasteiger partial charge in [0.1, 0.15) is 5.75 Å². The molecule has 0 aromatic heterocycles. The minimum Gasteiger partial charge on any atom is -0.398 e. The summed E-state index contributed by atoms with van der Waals surface area (Å²) < 4.78 is 12.2. The van der Waals surface area contributed by atoms with Gasteiger partial charge in [0.15, 0.2) is 0 Å². The van der Waals surface area contributed by atoms with Crippen LogP contribution in [0.25, 0.3) is 0 Å². The van der Waals surface area contributed by atoms with Gasteiger partial charge < -0.3 is 11.1 Å². The first-order valence-corrected chi connectivity index (χ1v) is 7.95. The highest BCUT2D eigenvalue weighted by Gasteiger charge is 2.13. The summed E-state index contributed by atoms with van der Waals surface area (Å²) in [6.45, 7) is 1.88. The van der Waals surface area contributed by atoms with Gasteiger partial charge in [0.05, 0.1) is 15.7 Å². The minimum absolute atomic E-state index is 0.153. The van der Waals surface area contributed by atoms with Crippen molar-refractivity contribution in [3.8, 4) is 0 Å². The number of nitrogens with two attached hydrogens (primary N) is 1. The maximum absolute atomic E-state index is 12.2. The first kappa shape index (κ1) is 15.5. The molecule has 4 nitrogen and oxygen atoms in total. The van der Waals surface area contributed by atoms with E-state index in [-0.39, 0.29) is 11.7 Å². The number of nitrogen functional groups attached to an aromatic ring is 1. The highest BCUT2D eigenvalue weighted by molar-refractivity contribution is 7.86. The third-order valence-corrected chi connectivity index (χ3v) is 4.39. The summed E-state index contributed by atoms with van der Waals surface area (Å²) in [6.07, 6.45) is 0. The van der Waals surface area contributed by atoms with E-state index in [1.54, 1.807) is 36.4 Å². The summed E-state index contributed by atoms with van der Waals surface area (Å²) in [6, 6.07) is 12.0. The van der Waals surface area contributed by atoms with Crippen molar-refractivity contribution in [1.82, 2.24) is 0 Å². The third-order valence-electron chi connectivity index (χ3n) is 2.78. The topological polar surface area (TPSA) is 72.2 Å². The van der Waals surface area contributed by atoms with Crippen molar-refractivity contribution < 1.29 is 9.00 Å². The van der Waals surface area contributed by atoms with Crippen molar-refractivity contribution in [1.29, 1.82) is 0 Å². The number of aryl methyl sites for hydroxylation is 1. The average Bonchev–Trinajstić information content (AvgIpc) is 2.41. The average molecular weight is 323 g/mol. The molecule has 1 amide bonds. The molecule has 2 aromatic rings. The van der Waals surface area contributed by atoms with Crippen LogP contribution in [0.5, 0.6) is 0 Å². The van der Waals surface area contributed by atoms with Gasteiger partial charge in [0.2, 0.25) is 5.91 Å². The van der Waals surface area contributed by atoms with Crippen LogP contribution in [0.1, 0.15) is 5.56 Å². The van der Waals surface area contributed by atoms with Crippen molar-refractivity contribution >= 4 is 39.7 Å². The van der Waals surface area contributed by atoms with Crippen LogP contribution >= 0.6 is 11.6 Å². The number of carbonyl (C=O) groups excluding carboxylic acids is 1. The van der Waals surface area contributed by atoms with Crippen LogP contribution < -0.4 is 11.1 Å². The third kappa shape index (κ3) is 4.31. The summed E-state index contributed by atoms with van der Waals surface area (Å²) in [7, 11) is -1.48. The molecule has 1 atom stereocenters. The Labute approximate surface area is 130 Å². The standard InChI is InChI=1S/C15H15ClN2O2S/c1-10-5-6-13(17)14(7-10)21(20)9-15(19)18-12-4-2-3-11(16)8-12/h2-8H,9,17H2,1H3,(H,18,19). The van der Waals surface area contributed by atoms with Gasteiger partial charge in [-0.15, -0.1) is 0 Å². The van der Waals surface area contributed by atoms with Crippen LogP contribution in [0.4, 0.5) is 11.4 Å². The highest BCUT2D eigenvalue weighted by atomic mass is 35.5. The molecule has 0 saturated carbocycles. The van der Waals surface area contributed by atoms with E-state index in [0.29, 0.717) is 21.3 Å². The van der Waals surface area contributed by atoms with Crippen molar-refractivity contribution in [2.75, 3.05) is 16.8 Å². The fraction of sp³-hybridized carbons (Fsp3) is 0.133. The molecular formula is C15H15ClN2O2S. The predicted molar refractivity (Wildman–Crippen MR) is 86.9 cm³/mol. The molecule has 0 aliphatic rings. The van der Waals surface area contributed by atoms with E-state index in [4.69, 9.17) is 17.3 Å². The molecule has 0 aliphatic heterocycles. The molecule has 3 N–H and O–H groups in total. The Bertz CT molecular complexity index is 704. The van der Waals surface area contributed by atoms with Crippen LogP contribution in [0, 0.1) is 6.92 Å². The number of rotatable bonds is 4. The van der Waals surface area contributed by atoms with E-state index in [1.807, 2.05) is 13.0 Å². The second-order valence-corrected chi connectivity index (χ2v) is 6.45. The smallest absolute Gasteiger partial charge is 0.237 e. The number of nitrogens with one attached hydrogen (secondary N) is 1. The van der Waals surface area contributed by atoms with Gasteiger partial charge in [0, 0.05) is 16.4 Å². The Morgan fingerprint density at radius 3 is 2.76 bits per heavy atom. The van der Waals surface area contributed by atoms with E-state index in [9.17, 15) is 9.00 Å². The molecule has 0 fully saturated rings. The van der Waals surface area contributed by atoms with Crippen LogP contribution in [0.3, 0.4) is 0 Å². The Kier molecular flexibility index (Phi) is 4.98. The van der Waals surface area contributed by atoms with Gasteiger partial charge in [-0.25, -0.2) is 0 Å². The van der Waals surface area contributed by atoms with Gasteiger partial charge in [-0.3, -0.25) is 9.00 Å². The first-order valence-electron chi connectivity index (χ1n) is 6.25. The lowest BCUT2D eigenvalue weighted by molar-refractivity contribution is -0.113. The fourth-order valence-electron chi connectivity index (χ4n) is 1.80. The number of hydrogen-bond acceptors (Lipinski definition) is 3. The predicted octanol–water partition coefficient (Wildman–Crippen LogP) is 2.98. The maximum atomic E-state index is 12.2. The van der Waals surface area contributed by atoms with Crippen molar-refractivity contribution in [3.05, 3.63) is 53.1 Å². The summed E-state index contributed by atoms with van der Waals surface area (Å²) in [5, 5.41) is 3.19. The first-order chi connectivity index (χ1) is 9.95. The molecule has 0 bridgehead atoms. The Hall–Kier alpha value is -1.85. The molecule has 0 heterocycles. The lowest BCUT2D eigenvalue weighted by atomic mass is 10.2. The Morgan fingerprint density at radius 1 is 1.29 bits per heavy atom. The fourth-order valence-corrected chi connectivity index (χ4v) is 3.10. The number of carbonyl (C=O) groups is 1. The Morgan fingerprint density at radius 2 is 2.05 bits per heavy atom. The summed E-state index contributed by atoms with van der Waals surface area (Å²) in [4.78, 5) is 12.4. The maximum Gasteiger partial charge on any atom is 0.237 e. The van der Waals surface area contributed by atoms with Gasteiger partial charge in [-0.2, -0.15) is 0 Å². The zero-order valence-electron chi connectivity index (χ0n) is 11.4. The number of hydrogen-bond donors (Lipinski definition) is 2. The van der Waals surface area contributed by atoms with Gasteiger partial charge in [-0.1, -0.05) is 23.7 Å². The second kappa shape index (κ2) is 6.74. The summed E-state index contributed by atoms with van der Waals surface area (Å²) in [5.74, 6) is -0.503. The van der Waals surface area contributed by atoms with Crippen molar-refractivity contribution in [3.63, 3.8) is 0 Å². The van der Waals surface area contributed by atoms with E-state index in [2.05, 4.69) is 5.32 Å². The van der Waals surface area contributed by atoms with Crippen LogP contribution in [-0.4, -0.2) is 15.9 Å². The number of benzene rings is 2. The second-order valence-electron chi connectivity index (χ2n) is 4.59. The number of amides is 1. The molecule has 2 aromatic carbocycles. The molecule has 0 aliphatic carbocycles. The molecule has 0 radical (unpaired) electrons. The van der Waals surface area contributed by atoms with E-state index in [1.165, 1.54) is 0 Å². The van der Waals surface area contributed by atoms with Crippen LogP contribution in [0.15, 0.2) is 47.4 Å². The lowest BCUT2D eigenvalue weighted by Gasteiger charge is -2.08. The SMILES string of the molecule is Cc1ccc(N)c(S(=O)CC(=O)Nc2cccc(Cl)c2)c1. The molecule has 0 saturated heterocycles. The Balaban J connectivity index is 2.05. The molecule has 0 spiro atoms. The van der Waals surface area contributed by atoms with E-state index < -0.39 is 10.8 Å². The molecular weight excluding hydrogens is 308 g/mol. The van der Waals surface area contributed by atoms with Crippen molar-refractivity contribution in [2.45, 2.75) is 11.8 Å². The normalized spacial score (nSPS) is 11.9. The van der Waals surface area contributed by atoms with Gasteiger partial charge >= 0.3 is 0 Å². The quantitative estimate of drug-likeness (QED) is 0.850. The highest BCUT2D eigenvalue weighted by Crippen LogP contribution is 2.19. The largest absolute Gasteiger partial charge is 0.398 e. The van der Waals surface area contributed by atoms with Crippen molar-refractivity contribution in [2.24, 2.45) is 0 Å².